The van der Waals surface area contributed by atoms with Crippen molar-refractivity contribution in [2.45, 2.75) is 39.4 Å². The van der Waals surface area contributed by atoms with Crippen LogP contribution in [0.3, 0.4) is 0 Å². The van der Waals surface area contributed by atoms with Crippen molar-refractivity contribution in [3.05, 3.63) is 0 Å². The SMILES string of the molecule is C#CCCCC(OCC)OCC.[Br-].[Br-].[Mg+2]. The Kier molecular flexibility index (Phi) is 34.5. The van der Waals surface area contributed by atoms with Gasteiger partial charge in [-0.05, 0) is 26.7 Å². The second kappa shape index (κ2) is 20.6. The predicted octanol–water partition coefficient (Wildman–Crippen LogP) is -4.18. The van der Waals surface area contributed by atoms with Gasteiger partial charge in [0.25, 0.3) is 0 Å². The van der Waals surface area contributed by atoms with E-state index in [0.29, 0.717) is 13.2 Å². The molecule has 86 valence electrons. The third-order valence-electron chi connectivity index (χ3n) is 1.47. The molecule has 0 bridgehead atoms. The molecule has 0 fully saturated rings. The van der Waals surface area contributed by atoms with Crippen LogP contribution in [-0.4, -0.2) is 42.6 Å². The number of hydrogen-bond donors (Lipinski definition) is 0. The largest absolute Gasteiger partial charge is 2.00 e. The molecule has 0 amide bonds. The summed E-state index contributed by atoms with van der Waals surface area (Å²) in [6, 6.07) is 0. The Morgan fingerprint density at radius 1 is 1.13 bits per heavy atom. The van der Waals surface area contributed by atoms with Crippen LogP contribution >= 0.6 is 0 Å². The zero-order chi connectivity index (χ0) is 9.23. The predicted molar refractivity (Wildman–Crippen MR) is 55.5 cm³/mol. The molecule has 0 unspecified atom stereocenters. The zero-order valence-corrected chi connectivity index (χ0v) is 14.1. The molecular weight excluding hydrogens is 336 g/mol. The van der Waals surface area contributed by atoms with Crippen LogP contribution in [0.25, 0.3) is 0 Å². The third-order valence-corrected chi connectivity index (χ3v) is 1.47. The van der Waals surface area contributed by atoms with Crippen LogP contribution < -0.4 is 34.0 Å². The fraction of sp³-hybridized carbons (Fsp3) is 0.800. The molecule has 0 aliphatic carbocycles. The summed E-state index contributed by atoms with van der Waals surface area (Å²) in [6.45, 7) is 5.32. The van der Waals surface area contributed by atoms with Crippen molar-refractivity contribution in [3.63, 3.8) is 0 Å². The van der Waals surface area contributed by atoms with Crippen molar-refractivity contribution >= 4 is 23.1 Å². The summed E-state index contributed by atoms with van der Waals surface area (Å²) in [6.07, 6.45) is 7.74. The molecule has 0 saturated heterocycles. The topological polar surface area (TPSA) is 18.5 Å². The Morgan fingerprint density at radius 3 is 1.93 bits per heavy atom. The Hall–Kier alpha value is 1.21. The Labute approximate surface area is 131 Å². The quantitative estimate of drug-likeness (QED) is 0.200. The van der Waals surface area contributed by atoms with E-state index in [1.807, 2.05) is 13.8 Å². The molecule has 5 heteroatoms. The van der Waals surface area contributed by atoms with Crippen molar-refractivity contribution in [3.8, 4) is 12.3 Å². The molecule has 0 aliphatic rings. The number of halogens is 2. The van der Waals surface area contributed by atoms with E-state index < -0.39 is 0 Å². The smallest absolute Gasteiger partial charge is 1.00 e. The van der Waals surface area contributed by atoms with Crippen molar-refractivity contribution in [1.82, 2.24) is 0 Å². The van der Waals surface area contributed by atoms with Crippen LogP contribution in [0.5, 0.6) is 0 Å². The van der Waals surface area contributed by atoms with Gasteiger partial charge in [-0.3, -0.25) is 0 Å². The van der Waals surface area contributed by atoms with Gasteiger partial charge in [-0.25, -0.2) is 0 Å². The molecule has 0 aromatic carbocycles. The molecule has 0 aromatic heterocycles. The molecule has 0 aliphatic heterocycles. The maximum absolute atomic E-state index is 5.34. The van der Waals surface area contributed by atoms with Crippen LogP contribution in [0.4, 0.5) is 0 Å². The minimum atomic E-state index is -0.0617. The standard InChI is InChI=1S/C10H18O2.2BrH.Mg/c1-4-7-8-9-10(11-5-2)12-6-3;;;/h1,10H,5-9H2,2-3H3;2*1H;/q;;;+2/p-2. The molecule has 0 spiro atoms. The van der Waals surface area contributed by atoms with Crippen molar-refractivity contribution in [2.75, 3.05) is 13.2 Å². The first kappa shape index (κ1) is 25.2. The number of rotatable bonds is 7. The summed E-state index contributed by atoms with van der Waals surface area (Å²) >= 11 is 0. The van der Waals surface area contributed by atoms with Crippen molar-refractivity contribution < 1.29 is 43.4 Å². The van der Waals surface area contributed by atoms with E-state index >= 15 is 0 Å². The van der Waals surface area contributed by atoms with Gasteiger partial charge < -0.3 is 43.4 Å². The summed E-state index contributed by atoms with van der Waals surface area (Å²) in [5.41, 5.74) is 0. The zero-order valence-electron chi connectivity index (χ0n) is 9.47. The number of hydrogen-bond acceptors (Lipinski definition) is 2. The average Bonchev–Trinajstić information content (AvgIpc) is 2.06. The summed E-state index contributed by atoms with van der Waals surface area (Å²) in [5.74, 6) is 2.60. The van der Waals surface area contributed by atoms with E-state index in [1.54, 1.807) is 0 Å². The molecule has 2 nitrogen and oxygen atoms in total. The Balaban J connectivity index is -0.000000202. The van der Waals surface area contributed by atoms with Crippen LogP contribution in [0.1, 0.15) is 33.1 Å². The second-order valence-corrected chi connectivity index (χ2v) is 2.44. The fourth-order valence-electron chi connectivity index (χ4n) is 0.957. The van der Waals surface area contributed by atoms with E-state index in [1.165, 1.54) is 0 Å². The molecular formula is C10H18Br2MgO2. The van der Waals surface area contributed by atoms with E-state index in [-0.39, 0.29) is 63.3 Å². The van der Waals surface area contributed by atoms with Crippen LogP contribution in [0.2, 0.25) is 0 Å². The summed E-state index contributed by atoms with van der Waals surface area (Å²) in [7, 11) is 0. The number of ether oxygens (including phenoxy) is 2. The summed E-state index contributed by atoms with van der Waals surface area (Å²) in [4.78, 5) is 0. The van der Waals surface area contributed by atoms with Gasteiger partial charge in [0.1, 0.15) is 0 Å². The van der Waals surface area contributed by atoms with E-state index in [2.05, 4.69) is 5.92 Å². The molecule has 0 heterocycles. The molecule has 0 N–H and O–H groups in total. The maximum atomic E-state index is 5.34. The van der Waals surface area contributed by atoms with Gasteiger partial charge in [-0.2, -0.15) is 0 Å². The van der Waals surface area contributed by atoms with Gasteiger partial charge in [-0.15, -0.1) is 12.3 Å². The van der Waals surface area contributed by atoms with Crippen LogP contribution in [0.15, 0.2) is 0 Å². The molecule has 0 aromatic rings. The summed E-state index contributed by atoms with van der Waals surface area (Å²) in [5, 5.41) is 0. The minimum Gasteiger partial charge on any atom is -1.00 e. The molecule has 0 radical (unpaired) electrons. The third kappa shape index (κ3) is 17.8. The van der Waals surface area contributed by atoms with Gasteiger partial charge in [0.05, 0.1) is 0 Å². The first-order chi connectivity index (χ1) is 5.85. The summed E-state index contributed by atoms with van der Waals surface area (Å²) < 4.78 is 10.7. The van der Waals surface area contributed by atoms with Gasteiger partial charge >= 0.3 is 23.1 Å². The van der Waals surface area contributed by atoms with Gasteiger partial charge in [-0.1, -0.05) is 0 Å². The minimum absolute atomic E-state index is 0. The second-order valence-electron chi connectivity index (χ2n) is 2.44. The molecule has 0 rings (SSSR count). The first-order valence-corrected chi connectivity index (χ1v) is 4.51. The molecule has 0 atom stereocenters. The maximum Gasteiger partial charge on any atom is 2.00 e. The van der Waals surface area contributed by atoms with Crippen LogP contribution in [0, 0.1) is 12.3 Å². The van der Waals surface area contributed by atoms with Gasteiger partial charge in [0.15, 0.2) is 6.29 Å². The van der Waals surface area contributed by atoms with Gasteiger partial charge in [0, 0.05) is 19.6 Å². The Bertz CT molecular complexity index is 134. The van der Waals surface area contributed by atoms with Crippen molar-refractivity contribution in [1.29, 1.82) is 0 Å². The Morgan fingerprint density at radius 2 is 1.60 bits per heavy atom. The van der Waals surface area contributed by atoms with E-state index in [4.69, 9.17) is 15.9 Å². The fourth-order valence-corrected chi connectivity index (χ4v) is 0.957. The van der Waals surface area contributed by atoms with E-state index in [9.17, 15) is 0 Å². The monoisotopic (exact) mass is 352 g/mol. The number of terminal acetylenes is 1. The number of unbranched alkanes of at least 4 members (excludes halogenated alkanes) is 1. The average molecular weight is 354 g/mol. The van der Waals surface area contributed by atoms with Gasteiger partial charge in [0.2, 0.25) is 0 Å². The normalized spacial score (nSPS) is 8.13. The van der Waals surface area contributed by atoms with E-state index in [0.717, 1.165) is 19.3 Å². The molecule has 15 heavy (non-hydrogen) atoms. The van der Waals surface area contributed by atoms with Crippen LogP contribution in [-0.2, 0) is 9.47 Å². The van der Waals surface area contributed by atoms with Crippen molar-refractivity contribution in [2.24, 2.45) is 0 Å². The first-order valence-electron chi connectivity index (χ1n) is 4.51. The molecule has 0 saturated carbocycles.